The number of carbonyl (C=O) groups is 1. The molecule has 0 spiro atoms. The van der Waals surface area contributed by atoms with Crippen LogP contribution in [0.1, 0.15) is 22.8 Å². The van der Waals surface area contributed by atoms with E-state index in [2.05, 4.69) is 41.3 Å². The van der Waals surface area contributed by atoms with Gasteiger partial charge in [-0.1, -0.05) is 54.6 Å². The van der Waals surface area contributed by atoms with E-state index in [1.54, 1.807) is 0 Å². The third kappa shape index (κ3) is 3.75. The molecule has 2 heterocycles. The molecule has 1 fully saturated rings. The second-order valence-corrected chi connectivity index (χ2v) is 6.84. The van der Waals surface area contributed by atoms with Crippen molar-refractivity contribution in [3.8, 4) is 0 Å². The van der Waals surface area contributed by atoms with Crippen LogP contribution in [0.15, 0.2) is 54.6 Å². The molecule has 2 aromatic rings. The van der Waals surface area contributed by atoms with Gasteiger partial charge in [0, 0.05) is 26.2 Å². The highest BCUT2D eigenvalue weighted by Crippen LogP contribution is 2.23. The van der Waals surface area contributed by atoms with Crippen LogP contribution in [0, 0.1) is 0 Å². The highest BCUT2D eigenvalue weighted by molar-refractivity contribution is 5.78. The number of hydrogen-bond donors (Lipinski definition) is 0. The van der Waals surface area contributed by atoms with Crippen LogP contribution in [-0.2, 0) is 22.5 Å². The van der Waals surface area contributed by atoms with Gasteiger partial charge in [-0.05, 0) is 23.1 Å². The molecule has 0 radical (unpaired) electrons. The van der Waals surface area contributed by atoms with Crippen molar-refractivity contribution in [1.82, 2.24) is 9.80 Å². The monoisotopic (exact) mass is 336 g/mol. The first-order valence-electron chi connectivity index (χ1n) is 9.03. The van der Waals surface area contributed by atoms with Crippen molar-refractivity contribution in [2.24, 2.45) is 0 Å². The van der Waals surface area contributed by atoms with Gasteiger partial charge in [0.2, 0.25) is 5.91 Å². The van der Waals surface area contributed by atoms with Gasteiger partial charge in [0.1, 0.15) is 0 Å². The van der Waals surface area contributed by atoms with E-state index in [0.29, 0.717) is 13.2 Å². The standard InChI is InChI=1S/C21H24N2O2/c24-21(23-11-10-17-6-4-5-9-19(17)14-23)16-22-12-13-25-20(15-22)18-7-2-1-3-8-18/h1-9,20H,10-16H2/t20-/m1/s1. The summed E-state index contributed by atoms with van der Waals surface area (Å²) in [6.45, 7) is 4.31. The van der Waals surface area contributed by atoms with Crippen molar-refractivity contribution >= 4 is 5.91 Å². The molecule has 1 amide bonds. The van der Waals surface area contributed by atoms with Crippen LogP contribution in [0.25, 0.3) is 0 Å². The van der Waals surface area contributed by atoms with Crippen LogP contribution in [0.4, 0.5) is 0 Å². The molecule has 0 N–H and O–H groups in total. The summed E-state index contributed by atoms with van der Waals surface area (Å²) < 4.78 is 5.90. The van der Waals surface area contributed by atoms with Crippen LogP contribution >= 0.6 is 0 Å². The summed E-state index contributed by atoms with van der Waals surface area (Å²) in [7, 11) is 0. The van der Waals surface area contributed by atoms with Gasteiger partial charge >= 0.3 is 0 Å². The molecule has 2 aliphatic heterocycles. The van der Waals surface area contributed by atoms with Crippen LogP contribution in [0.2, 0.25) is 0 Å². The number of nitrogens with zero attached hydrogens (tertiary/aromatic N) is 2. The average Bonchev–Trinajstić information content (AvgIpc) is 2.68. The maximum absolute atomic E-state index is 12.8. The molecule has 1 saturated heterocycles. The highest BCUT2D eigenvalue weighted by atomic mass is 16.5. The minimum Gasteiger partial charge on any atom is -0.371 e. The minimum atomic E-state index is 0.0600. The lowest BCUT2D eigenvalue weighted by molar-refractivity contribution is -0.135. The van der Waals surface area contributed by atoms with Crippen LogP contribution in [0.5, 0.6) is 0 Å². The number of ether oxygens (including phenoxy) is 1. The van der Waals surface area contributed by atoms with E-state index in [9.17, 15) is 4.79 Å². The zero-order valence-corrected chi connectivity index (χ0v) is 14.4. The van der Waals surface area contributed by atoms with Crippen LogP contribution < -0.4 is 0 Å². The lowest BCUT2D eigenvalue weighted by Gasteiger charge is -2.35. The van der Waals surface area contributed by atoms with E-state index in [4.69, 9.17) is 4.74 Å². The van der Waals surface area contributed by atoms with E-state index in [1.807, 2.05) is 23.1 Å². The molecular formula is C21H24N2O2. The first kappa shape index (κ1) is 16.3. The Labute approximate surface area is 149 Å². The summed E-state index contributed by atoms with van der Waals surface area (Å²) in [4.78, 5) is 17.0. The molecule has 0 aliphatic carbocycles. The fourth-order valence-corrected chi connectivity index (χ4v) is 3.72. The van der Waals surface area contributed by atoms with E-state index < -0.39 is 0 Å². The van der Waals surface area contributed by atoms with Crippen LogP contribution in [-0.4, -0.2) is 48.5 Å². The minimum absolute atomic E-state index is 0.0600. The molecule has 0 unspecified atom stereocenters. The van der Waals surface area contributed by atoms with Gasteiger partial charge in [0.05, 0.1) is 19.3 Å². The number of fused-ring (bicyclic) bond motifs is 1. The second kappa shape index (κ2) is 7.38. The van der Waals surface area contributed by atoms with E-state index in [1.165, 1.54) is 16.7 Å². The molecule has 130 valence electrons. The Morgan fingerprint density at radius 1 is 1.00 bits per heavy atom. The van der Waals surface area contributed by atoms with Gasteiger partial charge in [-0.15, -0.1) is 0 Å². The highest BCUT2D eigenvalue weighted by Gasteiger charge is 2.26. The summed E-state index contributed by atoms with van der Waals surface area (Å²) in [5.41, 5.74) is 3.85. The quantitative estimate of drug-likeness (QED) is 0.864. The maximum Gasteiger partial charge on any atom is 0.237 e. The summed E-state index contributed by atoms with van der Waals surface area (Å²) in [6, 6.07) is 18.7. The van der Waals surface area contributed by atoms with Crippen molar-refractivity contribution in [3.63, 3.8) is 0 Å². The number of morpholine rings is 1. The molecule has 25 heavy (non-hydrogen) atoms. The SMILES string of the molecule is O=C(CN1CCO[C@@H](c2ccccc2)C1)N1CCc2ccccc2C1. The third-order valence-corrected chi connectivity index (χ3v) is 5.16. The van der Waals surface area contributed by atoms with E-state index >= 15 is 0 Å². The molecule has 4 nitrogen and oxygen atoms in total. The van der Waals surface area contributed by atoms with Crippen molar-refractivity contribution < 1.29 is 9.53 Å². The van der Waals surface area contributed by atoms with E-state index in [0.717, 1.165) is 32.6 Å². The van der Waals surface area contributed by atoms with Gasteiger partial charge in [-0.3, -0.25) is 9.69 Å². The Morgan fingerprint density at radius 3 is 2.60 bits per heavy atom. The molecule has 4 rings (SSSR count). The Hall–Kier alpha value is -2.17. The smallest absolute Gasteiger partial charge is 0.237 e. The maximum atomic E-state index is 12.8. The fraction of sp³-hybridized carbons (Fsp3) is 0.381. The molecule has 2 aliphatic rings. The summed E-state index contributed by atoms with van der Waals surface area (Å²) >= 11 is 0. The summed E-state index contributed by atoms with van der Waals surface area (Å²) in [5.74, 6) is 0.225. The second-order valence-electron chi connectivity index (χ2n) is 6.84. The number of benzene rings is 2. The number of amides is 1. The fourth-order valence-electron chi connectivity index (χ4n) is 3.72. The molecule has 0 aromatic heterocycles. The van der Waals surface area contributed by atoms with Crippen LogP contribution in [0.3, 0.4) is 0 Å². The third-order valence-electron chi connectivity index (χ3n) is 5.16. The Kier molecular flexibility index (Phi) is 4.81. The lowest BCUT2D eigenvalue weighted by atomic mass is 10.00. The zero-order valence-electron chi connectivity index (χ0n) is 14.4. The predicted octanol–water partition coefficient (Wildman–Crippen LogP) is 2.64. The molecular weight excluding hydrogens is 312 g/mol. The number of hydrogen-bond acceptors (Lipinski definition) is 3. The van der Waals surface area contributed by atoms with E-state index in [-0.39, 0.29) is 12.0 Å². The van der Waals surface area contributed by atoms with Gasteiger partial charge in [-0.25, -0.2) is 0 Å². The normalized spacial score (nSPS) is 21.0. The first-order valence-corrected chi connectivity index (χ1v) is 9.03. The zero-order chi connectivity index (χ0) is 17.1. The summed E-state index contributed by atoms with van der Waals surface area (Å²) in [5, 5.41) is 0. The van der Waals surface area contributed by atoms with Gasteiger partial charge in [0.15, 0.2) is 0 Å². The number of rotatable bonds is 3. The van der Waals surface area contributed by atoms with Gasteiger partial charge in [0.25, 0.3) is 0 Å². The Morgan fingerprint density at radius 2 is 1.76 bits per heavy atom. The Bertz CT molecular complexity index is 732. The topological polar surface area (TPSA) is 32.8 Å². The van der Waals surface area contributed by atoms with Crippen molar-refractivity contribution in [1.29, 1.82) is 0 Å². The molecule has 2 aromatic carbocycles. The molecule has 0 saturated carbocycles. The molecule has 1 atom stereocenters. The largest absolute Gasteiger partial charge is 0.371 e. The Balaban J connectivity index is 1.36. The van der Waals surface area contributed by atoms with Crippen molar-refractivity contribution in [2.75, 3.05) is 32.8 Å². The number of carbonyl (C=O) groups excluding carboxylic acids is 1. The summed E-state index contributed by atoms with van der Waals surface area (Å²) in [6.07, 6.45) is 1.02. The van der Waals surface area contributed by atoms with Gasteiger partial charge in [-0.2, -0.15) is 0 Å². The van der Waals surface area contributed by atoms with Crippen molar-refractivity contribution in [3.05, 3.63) is 71.3 Å². The predicted molar refractivity (Wildman–Crippen MR) is 97.1 cm³/mol. The van der Waals surface area contributed by atoms with Crippen molar-refractivity contribution in [2.45, 2.75) is 19.1 Å². The average molecular weight is 336 g/mol. The molecule has 4 heteroatoms. The molecule has 0 bridgehead atoms. The lowest BCUT2D eigenvalue weighted by Crippen LogP contribution is -2.46. The first-order chi connectivity index (χ1) is 12.3. The van der Waals surface area contributed by atoms with Gasteiger partial charge < -0.3 is 9.64 Å².